The number of para-hydroxylation sites is 1. The van der Waals surface area contributed by atoms with E-state index >= 15 is 0 Å². The third-order valence-corrected chi connectivity index (χ3v) is 7.06. The van der Waals surface area contributed by atoms with Crippen LogP contribution in [0.15, 0.2) is 30.5 Å². The number of carboxylic acid groups (broad SMARTS) is 2. The molecule has 0 radical (unpaired) electrons. The van der Waals surface area contributed by atoms with Gasteiger partial charge in [0.05, 0.1) is 12.5 Å². The number of hydrogen-bond acceptors (Lipinski definition) is 6. The Balaban J connectivity index is 1.69. The molecule has 0 bridgehead atoms. The van der Waals surface area contributed by atoms with Gasteiger partial charge in [0.1, 0.15) is 18.1 Å². The first kappa shape index (κ1) is 28.6. The quantitative estimate of drug-likeness (QED) is 0.230. The summed E-state index contributed by atoms with van der Waals surface area (Å²) < 4.78 is 0. The molecule has 1 aromatic carbocycles. The second-order valence-corrected chi connectivity index (χ2v) is 9.73. The van der Waals surface area contributed by atoms with E-state index in [0.29, 0.717) is 25.8 Å². The van der Waals surface area contributed by atoms with Crippen molar-refractivity contribution in [1.82, 2.24) is 20.5 Å². The second-order valence-electron chi connectivity index (χ2n) is 9.73. The molecule has 206 valence electrons. The molecular formula is C26H35N5O7. The molecular weight excluding hydrogens is 494 g/mol. The van der Waals surface area contributed by atoms with Crippen molar-refractivity contribution >= 4 is 40.6 Å². The summed E-state index contributed by atoms with van der Waals surface area (Å²) in [6.07, 6.45) is 2.63. The van der Waals surface area contributed by atoms with Gasteiger partial charge in [0.15, 0.2) is 0 Å². The molecule has 1 aliphatic rings. The Bertz CT molecular complexity index is 1200. The third kappa shape index (κ3) is 6.68. The summed E-state index contributed by atoms with van der Waals surface area (Å²) in [6.45, 7) is 3.70. The summed E-state index contributed by atoms with van der Waals surface area (Å²) in [5.41, 5.74) is 8.04. The molecule has 2 heterocycles. The number of hydrogen-bond donors (Lipinski definition) is 6. The summed E-state index contributed by atoms with van der Waals surface area (Å²) in [5.74, 6) is -5.05. The van der Waals surface area contributed by atoms with Gasteiger partial charge < -0.3 is 36.5 Å². The number of carbonyl (C=O) groups excluding carboxylic acids is 3. The Kier molecular flexibility index (Phi) is 9.45. The van der Waals surface area contributed by atoms with Crippen molar-refractivity contribution in [3.05, 3.63) is 36.0 Å². The largest absolute Gasteiger partial charge is 0.481 e. The van der Waals surface area contributed by atoms with Gasteiger partial charge in [-0.25, -0.2) is 4.79 Å². The summed E-state index contributed by atoms with van der Waals surface area (Å²) >= 11 is 0. The first-order valence-corrected chi connectivity index (χ1v) is 12.7. The summed E-state index contributed by atoms with van der Waals surface area (Å²) in [4.78, 5) is 66.7. The van der Waals surface area contributed by atoms with Crippen LogP contribution in [0.4, 0.5) is 0 Å². The molecule has 5 unspecified atom stereocenters. The maximum Gasteiger partial charge on any atom is 0.326 e. The highest BCUT2D eigenvalue weighted by Gasteiger charge is 2.38. The van der Waals surface area contributed by atoms with Gasteiger partial charge in [0.2, 0.25) is 17.7 Å². The van der Waals surface area contributed by atoms with Gasteiger partial charge in [-0.3, -0.25) is 19.2 Å². The van der Waals surface area contributed by atoms with Crippen LogP contribution in [-0.2, 0) is 30.4 Å². The van der Waals surface area contributed by atoms with Crippen LogP contribution in [-0.4, -0.2) is 80.5 Å². The number of nitrogens with zero attached hydrogens (tertiary/aromatic N) is 1. The van der Waals surface area contributed by atoms with Gasteiger partial charge in [-0.05, 0) is 36.8 Å². The van der Waals surface area contributed by atoms with Crippen molar-refractivity contribution in [1.29, 1.82) is 0 Å². The number of carbonyl (C=O) groups is 5. The lowest BCUT2D eigenvalue weighted by molar-refractivity contribution is -0.145. The smallest absolute Gasteiger partial charge is 0.326 e. The van der Waals surface area contributed by atoms with Gasteiger partial charge in [-0.2, -0.15) is 0 Å². The number of carboxylic acids is 2. The van der Waals surface area contributed by atoms with Crippen LogP contribution >= 0.6 is 0 Å². The van der Waals surface area contributed by atoms with Crippen LogP contribution in [0.3, 0.4) is 0 Å². The van der Waals surface area contributed by atoms with E-state index < -0.39 is 66.2 Å². The van der Waals surface area contributed by atoms with E-state index in [-0.39, 0.29) is 6.42 Å². The minimum Gasteiger partial charge on any atom is -0.481 e. The van der Waals surface area contributed by atoms with E-state index in [1.165, 1.54) is 4.90 Å². The fourth-order valence-electron chi connectivity index (χ4n) is 4.73. The summed E-state index contributed by atoms with van der Waals surface area (Å²) in [6, 6.07) is 3.03. The zero-order valence-electron chi connectivity index (χ0n) is 21.5. The summed E-state index contributed by atoms with van der Waals surface area (Å²) in [5, 5.41) is 24.5. The van der Waals surface area contributed by atoms with Gasteiger partial charge in [-0.15, -0.1) is 0 Å². The fourth-order valence-corrected chi connectivity index (χ4v) is 4.73. The summed E-state index contributed by atoms with van der Waals surface area (Å²) in [7, 11) is 0. The van der Waals surface area contributed by atoms with Gasteiger partial charge in [0, 0.05) is 23.6 Å². The van der Waals surface area contributed by atoms with Crippen LogP contribution in [0.2, 0.25) is 0 Å². The number of aromatic nitrogens is 1. The highest BCUT2D eigenvalue weighted by atomic mass is 16.4. The number of rotatable bonds is 12. The zero-order valence-corrected chi connectivity index (χ0v) is 21.5. The minimum absolute atomic E-state index is 0.254. The Hall–Kier alpha value is -3.93. The highest BCUT2D eigenvalue weighted by Crippen LogP contribution is 2.22. The average molecular weight is 530 g/mol. The van der Waals surface area contributed by atoms with Crippen molar-refractivity contribution in [3.8, 4) is 0 Å². The van der Waals surface area contributed by atoms with E-state index in [1.54, 1.807) is 20.0 Å². The molecule has 1 fully saturated rings. The number of aliphatic carboxylic acids is 2. The zero-order chi connectivity index (χ0) is 28.0. The first-order chi connectivity index (χ1) is 18.0. The molecule has 12 heteroatoms. The molecule has 3 amide bonds. The van der Waals surface area contributed by atoms with Crippen molar-refractivity contribution < 1.29 is 34.2 Å². The van der Waals surface area contributed by atoms with Gasteiger partial charge in [0.25, 0.3) is 0 Å². The molecule has 1 aromatic heterocycles. The normalized spacial score (nSPS) is 18.4. The van der Waals surface area contributed by atoms with Gasteiger partial charge >= 0.3 is 11.9 Å². The van der Waals surface area contributed by atoms with E-state index in [2.05, 4.69) is 15.6 Å². The van der Waals surface area contributed by atoms with Crippen molar-refractivity contribution in [3.63, 3.8) is 0 Å². The number of H-pyrrole nitrogens is 1. The van der Waals surface area contributed by atoms with E-state index in [9.17, 15) is 34.2 Å². The standard InChI is InChI=1S/C26H35N5O7/c1-3-14(2)22(26(37)38)30-23(34)19(12-21(32)33)29-24(35)20-9-6-10-31(20)25(36)17(27)11-15-13-28-18-8-5-4-7-16(15)18/h4-5,7-8,13-14,17,19-20,22,28H,3,6,9-12,27H2,1-2H3,(H,29,35)(H,30,34)(H,32,33)(H,37,38). The molecule has 0 spiro atoms. The molecule has 0 saturated carbocycles. The monoisotopic (exact) mass is 529 g/mol. The molecule has 1 saturated heterocycles. The maximum atomic E-state index is 13.2. The molecule has 2 aromatic rings. The number of nitrogens with two attached hydrogens (primary N) is 1. The van der Waals surface area contributed by atoms with Crippen LogP contribution in [0.25, 0.3) is 10.9 Å². The van der Waals surface area contributed by atoms with Crippen molar-refractivity contribution in [2.24, 2.45) is 11.7 Å². The fraction of sp³-hybridized carbons (Fsp3) is 0.500. The number of amides is 3. The Morgan fingerprint density at radius 3 is 2.53 bits per heavy atom. The molecule has 1 aliphatic heterocycles. The van der Waals surface area contributed by atoms with Crippen LogP contribution < -0.4 is 16.4 Å². The Morgan fingerprint density at radius 1 is 1.16 bits per heavy atom. The van der Waals surface area contributed by atoms with Crippen molar-refractivity contribution in [2.75, 3.05) is 6.54 Å². The van der Waals surface area contributed by atoms with Crippen molar-refractivity contribution in [2.45, 2.75) is 70.1 Å². The Labute approximate surface area is 219 Å². The van der Waals surface area contributed by atoms with E-state index in [4.69, 9.17) is 5.73 Å². The highest BCUT2D eigenvalue weighted by molar-refractivity contribution is 5.96. The lowest BCUT2D eigenvalue weighted by Crippen LogP contribution is -2.57. The topological polar surface area (TPSA) is 195 Å². The van der Waals surface area contributed by atoms with Crippen LogP contribution in [0.1, 0.15) is 45.1 Å². The SMILES string of the molecule is CCC(C)C(NC(=O)C(CC(=O)O)NC(=O)C1CCCN1C(=O)C(N)Cc1c[nH]c2ccccc12)C(=O)O. The predicted molar refractivity (Wildman–Crippen MR) is 138 cm³/mol. The molecule has 3 rings (SSSR count). The van der Waals surface area contributed by atoms with Crippen LogP contribution in [0, 0.1) is 5.92 Å². The van der Waals surface area contributed by atoms with Gasteiger partial charge in [-0.1, -0.05) is 38.5 Å². The second kappa shape index (κ2) is 12.5. The number of likely N-dealkylation sites (tertiary alicyclic amines) is 1. The Morgan fingerprint density at radius 2 is 1.87 bits per heavy atom. The minimum atomic E-state index is -1.51. The lowest BCUT2D eigenvalue weighted by atomic mass is 9.98. The average Bonchev–Trinajstić information content (AvgIpc) is 3.53. The third-order valence-electron chi connectivity index (χ3n) is 7.06. The number of benzene rings is 1. The van der Waals surface area contributed by atoms with E-state index in [0.717, 1.165) is 16.5 Å². The maximum absolute atomic E-state index is 13.2. The molecule has 38 heavy (non-hydrogen) atoms. The lowest BCUT2D eigenvalue weighted by Gasteiger charge is -2.28. The molecule has 7 N–H and O–H groups in total. The number of nitrogens with one attached hydrogen (secondary N) is 3. The molecule has 0 aliphatic carbocycles. The van der Waals surface area contributed by atoms with E-state index in [1.807, 2.05) is 24.3 Å². The number of aromatic amines is 1. The van der Waals surface area contributed by atoms with Crippen LogP contribution in [0.5, 0.6) is 0 Å². The first-order valence-electron chi connectivity index (χ1n) is 12.7. The molecule has 5 atom stereocenters. The molecule has 12 nitrogen and oxygen atoms in total. The number of fused-ring (bicyclic) bond motifs is 1. The predicted octanol–water partition coefficient (Wildman–Crippen LogP) is 0.604.